The first-order valence-corrected chi connectivity index (χ1v) is 8.93. The molecule has 1 aliphatic rings. The van der Waals surface area contributed by atoms with Crippen molar-refractivity contribution in [2.75, 3.05) is 41.3 Å². The minimum Gasteiger partial charge on any atom is -0.368 e. The van der Waals surface area contributed by atoms with Gasteiger partial charge >= 0.3 is 0 Å². The number of hydrogen-bond acceptors (Lipinski definition) is 5. The van der Waals surface area contributed by atoms with E-state index < -0.39 is 0 Å². The van der Waals surface area contributed by atoms with E-state index in [4.69, 9.17) is 4.98 Å². The van der Waals surface area contributed by atoms with Gasteiger partial charge in [0.15, 0.2) is 0 Å². The molecule has 0 saturated carbocycles. The highest BCUT2D eigenvalue weighted by Crippen LogP contribution is 2.21. The third-order valence-electron chi connectivity index (χ3n) is 4.62. The maximum Gasteiger partial charge on any atom is 0.225 e. The summed E-state index contributed by atoms with van der Waals surface area (Å²) in [4.78, 5) is 13.8. The van der Waals surface area contributed by atoms with E-state index >= 15 is 0 Å². The number of nitrogens with zero attached hydrogens (tertiary/aromatic N) is 4. The minimum absolute atomic E-state index is 0.194. The smallest absolute Gasteiger partial charge is 0.225 e. The van der Waals surface area contributed by atoms with Gasteiger partial charge in [0.25, 0.3) is 0 Å². The van der Waals surface area contributed by atoms with Crippen LogP contribution in [0, 0.1) is 12.7 Å². The molecule has 1 saturated heterocycles. The third kappa shape index (κ3) is 4.38. The Morgan fingerprint density at radius 1 is 1.08 bits per heavy atom. The first-order valence-electron chi connectivity index (χ1n) is 8.93. The molecule has 1 aromatic carbocycles. The zero-order valence-corrected chi connectivity index (χ0v) is 15.2. The third-order valence-corrected chi connectivity index (χ3v) is 4.62. The largest absolute Gasteiger partial charge is 0.368 e. The standard InChI is InChI=1S/C19H26FN5/c1-4-14(2)21-19-22-15(3)13-18(23-19)25-11-9-24(10-12-25)17-7-5-16(20)6-8-17/h5-8,13-14H,4,9-12H2,1-3H3,(H,21,22,23). The molecule has 1 atom stereocenters. The second-order valence-electron chi connectivity index (χ2n) is 6.60. The second kappa shape index (κ2) is 7.68. The van der Waals surface area contributed by atoms with Crippen LogP contribution in [0.25, 0.3) is 0 Å². The molecule has 6 heteroatoms. The molecule has 1 unspecified atom stereocenters. The fraction of sp³-hybridized carbons (Fsp3) is 0.474. The Morgan fingerprint density at radius 3 is 2.36 bits per heavy atom. The number of anilines is 3. The molecule has 0 radical (unpaired) electrons. The van der Waals surface area contributed by atoms with Gasteiger partial charge in [-0.15, -0.1) is 0 Å². The van der Waals surface area contributed by atoms with E-state index in [2.05, 4.69) is 33.9 Å². The molecule has 1 aromatic heterocycles. The van der Waals surface area contributed by atoms with Crippen molar-refractivity contribution in [1.82, 2.24) is 9.97 Å². The maximum atomic E-state index is 13.1. The van der Waals surface area contributed by atoms with Crippen molar-refractivity contribution in [3.8, 4) is 0 Å². The molecule has 0 spiro atoms. The Bertz CT molecular complexity index is 695. The molecule has 1 fully saturated rings. The molecule has 0 bridgehead atoms. The van der Waals surface area contributed by atoms with Crippen LogP contribution in [0.15, 0.2) is 30.3 Å². The van der Waals surface area contributed by atoms with Gasteiger partial charge in [0.2, 0.25) is 5.95 Å². The average molecular weight is 343 g/mol. The fourth-order valence-corrected chi connectivity index (χ4v) is 2.95. The molecule has 1 N–H and O–H groups in total. The van der Waals surface area contributed by atoms with Crippen LogP contribution in [0.2, 0.25) is 0 Å². The molecular formula is C19H26FN5. The number of hydrogen-bond donors (Lipinski definition) is 1. The molecule has 1 aliphatic heterocycles. The monoisotopic (exact) mass is 343 g/mol. The number of rotatable bonds is 5. The summed E-state index contributed by atoms with van der Waals surface area (Å²) in [7, 11) is 0. The van der Waals surface area contributed by atoms with Crippen LogP contribution < -0.4 is 15.1 Å². The lowest BCUT2D eigenvalue weighted by atomic mass is 10.2. The van der Waals surface area contributed by atoms with Gasteiger partial charge in [0.05, 0.1) is 0 Å². The van der Waals surface area contributed by atoms with Crippen LogP contribution in [0.4, 0.5) is 21.8 Å². The normalized spacial score (nSPS) is 16.0. The second-order valence-corrected chi connectivity index (χ2v) is 6.60. The molecule has 2 aromatic rings. The summed E-state index contributed by atoms with van der Waals surface area (Å²) in [5, 5.41) is 3.36. The number of aryl methyl sites for hydroxylation is 1. The van der Waals surface area contributed by atoms with E-state index in [0.717, 1.165) is 49.8 Å². The van der Waals surface area contributed by atoms with Crippen LogP contribution in [0.3, 0.4) is 0 Å². The van der Waals surface area contributed by atoms with Crippen molar-refractivity contribution in [1.29, 1.82) is 0 Å². The van der Waals surface area contributed by atoms with Crippen molar-refractivity contribution in [2.24, 2.45) is 0 Å². The van der Waals surface area contributed by atoms with Gasteiger partial charge < -0.3 is 15.1 Å². The summed E-state index contributed by atoms with van der Waals surface area (Å²) in [6.45, 7) is 9.83. The van der Waals surface area contributed by atoms with Gasteiger partial charge in [-0.3, -0.25) is 0 Å². The van der Waals surface area contributed by atoms with E-state index in [-0.39, 0.29) is 5.82 Å². The van der Waals surface area contributed by atoms with Gasteiger partial charge in [-0.25, -0.2) is 9.37 Å². The summed E-state index contributed by atoms with van der Waals surface area (Å²) in [5.41, 5.74) is 2.04. The van der Waals surface area contributed by atoms with Crippen LogP contribution in [-0.2, 0) is 0 Å². The van der Waals surface area contributed by atoms with E-state index in [9.17, 15) is 4.39 Å². The highest BCUT2D eigenvalue weighted by Gasteiger charge is 2.19. The van der Waals surface area contributed by atoms with Crippen molar-refractivity contribution in [2.45, 2.75) is 33.2 Å². The van der Waals surface area contributed by atoms with Crippen LogP contribution in [0.1, 0.15) is 26.0 Å². The number of halogens is 1. The lowest BCUT2D eigenvalue weighted by Gasteiger charge is -2.37. The van der Waals surface area contributed by atoms with Gasteiger partial charge in [0, 0.05) is 49.7 Å². The summed E-state index contributed by atoms with van der Waals surface area (Å²) < 4.78 is 13.1. The Morgan fingerprint density at radius 2 is 1.72 bits per heavy atom. The van der Waals surface area contributed by atoms with Crippen LogP contribution >= 0.6 is 0 Å². The Labute approximate surface area is 148 Å². The molecule has 3 rings (SSSR count). The van der Waals surface area contributed by atoms with Crippen molar-refractivity contribution < 1.29 is 4.39 Å². The van der Waals surface area contributed by atoms with Gasteiger partial charge in [0.1, 0.15) is 11.6 Å². The Hall–Kier alpha value is -2.37. The summed E-state index contributed by atoms with van der Waals surface area (Å²) in [5.74, 6) is 1.47. The lowest BCUT2D eigenvalue weighted by Crippen LogP contribution is -2.47. The van der Waals surface area contributed by atoms with Gasteiger partial charge in [-0.05, 0) is 44.5 Å². The van der Waals surface area contributed by atoms with Crippen molar-refractivity contribution >= 4 is 17.5 Å². The predicted octanol–water partition coefficient (Wildman–Crippen LogP) is 3.46. The number of piperazine rings is 1. The van der Waals surface area contributed by atoms with Gasteiger partial charge in [-0.2, -0.15) is 4.98 Å². The summed E-state index contributed by atoms with van der Waals surface area (Å²) >= 11 is 0. The van der Waals surface area contributed by atoms with E-state index in [1.165, 1.54) is 12.1 Å². The van der Waals surface area contributed by atoms with E-state index in [0.29, 0.717) is 12.0 Å². The Balaban J connectivity index is 1.67. The molecule has 5 nitrogen and oxygen atoms in total. The molecule has 0 aliphatic carbocycles. The zero-order chi connectivity index (χ0) is 17.8. The van der Waals surface area contributed by atoms with Crippen molar-refractivity contribution in [3.63, 3.8) is 0 Å². The Kier molecular flexibility index (Phi) is 5.36. The fourth-order valence-electron chi connectivity index (χ4n) is 2.95. The average Bonchev–Trinajstić information content (AvgIpc) is 2.62. The molecule has 2 heterocycles. The number of nitrogens with one attached hydrogen (secondary N) is 1. The molecule has 0 amide bonds. The SMILES string of the molecule is CCC(C)Nc1nc(C)cc(N2CCN(c3ccc(F)cc3)CC2)n1. The quantitative estimate of drug-likeness (QED) is 0.901. The lowest BCUT2D eigenvalue weighted by molar-refractivity contribution is 0.624. The zero-order valence-electron chi connectivity index (χ0n) is 15.2. The highest BCUT2D eigenvalue weighted by molar-refractivity contribution is 5.50. The van der Waals surface area contributed by atoms with Crippen molar-refractivity contribution in [3.05, 3.63) is 41.8 Å². The van der Waals surface area contributed by atoms with Gasteiger partial charge in [-0.1, -0.05) is 6.92 Å². The molecule has 134 valence electrons. The van der Waals surface area contributed by atoms with Crippen LogP contribution in [0.5, 0.6) is 0 Å². The molecular weight excluding hydrogens is 317 g/mol. The van der Waals surface area contributed by atoms with E-state index in [1.807, 2.05) is 25.1 Å². The number of benzene rings is 1. The maximum absolute atomic E-state index is 13.1. The topological polar surface area (TPSA) is 44.3 Å². The first kappa shape index (κ1) is 17.5. The van der Waals surface area contributed by atoms with E-state index in [1.54, 1.807) is 0 Å². The predicted molar refractivity (Wildman–Crippen MR) is 101 cm³/mol. The number of aromatic nitrogens is 2. The summed E-state index contributed by atoms with van der Waals surface area (Å²) in [6, 6.07) is 9.10. The minimum atomic E-state index is -0.194. The first-order chi connectivity index (χ1) is 12.0. The highest BCUT2D eigenvalue weighted by atomic mass is 19.1. The summed E-state index contributed by atoms with van der Waals surface area (Å²) in [6.07, 6.45) is 1.03. The van der Waals surface area contributed by atoms with Crippen LogP contribution in [-0.4, -0.2) is 42.2 Å². The molecule has 25 heavy (non-hydrogen) atoms.